The Morgan fingerprint density at radius 2 is 1.97 bits per heavy atom. The summed E-state index contributed by atoms with van der Waals surface area (Å²) in [4.78, 5) is 26.8. The highest BCUT2D eigenvalue weighted by molar-refractivity contribution is 6.30. The van der Waals surface area contributed by atoms with Gasteiger partial charge in [0, 0.05) is 31.2 Å². The summed E-state index contributed by atoms with van der Waals surface area (Å²) in [5.74, 6) is 0.711. The Kier molecular flexibility index (Phi) is 7.36. The summed E-state index contributed by atoms with van der Waals surface area (Å²) in [6.45, 7) is 2.33. The molecule has 0 bridgehead atoms. The second-order valence-corrected chi connectivity index (χ2v) is 9.38. The van der Waals surface area contributed by atoms with Crippen molar-refractivity contribution in [1.29, 1.82) is 0 Å². The van der Waals surface area contributed by atoms with Gasteiger partial charge in [-0.15, -0.1) is 0 Å². The lowest BCUT2D eigenvalue weighted by molar-refractivity contribution is 0.0783. The number of carbonyl (C=O) groups is 1. The van der Waals surface area contributed by atoms with E-state index in [-0.39, 0.29) is 11.8 Å². The molecule has 1 N–H and O–H groups in total. The molecule has 0 radical (unpaired) electrons. The molecule has 1 amide bonds. The first kappa shape index (κ1) is 23.3. The van der Waals surface area contributed by atoms with Gasteiger partial charge in [0.15, 0.2) is 0 Å². The zero-order valence-electron chi connectivity index (χ0n) is 19.0. The van der Waals surface area contributed by atoms with Gasteiger partial charge in [0.25, 0.3) is 5.91 Å². The second-order valence-electron chi connectivity index (χ2n) is 9.02. The Morgan fingerprint density at radius 3 is 2.67 bits per heavy atom. The molecule has 3 aromatic rings. The molecule has 4 rings (SSSR count). The predicted octanol–water partition coefficient (Wildman–Crippen LogP) is 4.80. The largest absolute Gasteiger partial charge is 0.388 e. The highest BCUT2D eigenvalue weighted by Crippen LogP contribution is 2.40. The molecule has 1 aliphatic rings. The number of hydrogen-bond acceptors (Lipinski definition) is 5. The van der Waals surface area contributed by atoms with Crippen LogP contribution in [0.5, 0.6) is 0 Å². The highest BCUT2D eigenvalue weighted by Gasteiger charge is 2.31. The van der Waals surface area contributed by atoms with Gasteiger partial charge >= 0.3 is 0 Å². The Bertz CT molecular complexity index is 1090. The van der Waals surface area contributed by atoms with Crippen LogP contribution in [-0.4, -0.2) is 37.9 Å². The topological polar surface area (TPSA) is 79.2 Å². The average Bonchev–Trinajstić information content (AvgIpc) is 3.29. The van der Waals surface area contributed by atoms with Crippen LogP contribution in [0.25, 0.3) is 0 Å². The van der Waals surface area contributed by atoms with Gasteiger partial charge < -0.3 is 10.0 Å². The van der Waals surface area contributed by atoms with Crippen molar-refractivity contribution in [3.63, 3.8) is 0 Å². The summed E-state index contributed by atoms with van der Waals surface area (Å²) in [5, 5.41) is 11.3. The Morgan fingerprint density at radius 1 is 1.18 bits per heavy atom. The molecule has 7 heteroatoms. The normalized spacial score (nSPS) is 18.8. The molecule has 0 spiro atoms. The molecule has 0 saturated heterocycles. The van der Waals surface area contributed by atoms with Crippen molar-refractivity contribution >= 4 is 17.5 Å². The third kappa shape index (κ3) is 5.75. The molecular weight excluding hydrogens is 436 g/mol. The number of carbonyl (C=O) groups excluding carboxylic acids is 1. The van der Waals surface area contributed by atoms with E-state index in [1.54, 1.807) is 36.7 Å². The van der Waals surface area contributed by atoms with E-state index in [4.69, 9.17) is 11.6 Å². The quantitative estimate of drug-likeness (QED) is 0.508. The number of halogens is 1. The van der Waals surface area contributed by atoms with Crippen molar-refractivity contribution in [2.45, 2.75) is 45.3 Å². The molecule has 2 aromatic heterocycles. The lowest BCUT2D eigenvalue weighted by atomic mass is 9.91. The number of aliphatic hydroxyl groups excluding tert-OH is 1. The maximum atomic E-state index is 12.7. The van der Waals surface area contributed by atoms with Crippen LogP contribution in [-0.2, 0) is 13.0 Å². The summed E-state index contributed by atoms with van der Waals surface area (Å²) in [6, 6.07) is 9.81. The number of benzene rings is 1. The summed E-state index contributed by atoms with van der Waals surface area (Å²) in [7, 11) is 1.77. The molecule has 2 heterocycles. The fourth-order valence-electron chi connectivity index (χ4n) is 4.66. The summed E-state index contributed by atoms with van der Waals surface area (Å²) >= 11 is 6.02. The first-order valence-corrected chi connectivity index (χ1v) is 11.7. The number of aromatic nitrogens is 3. The average molecular weight is 465 g/mol. The zero-order chi connectivity index (χ0) is 23.4. The first-order valence-electron chi connectivity index (χ1n) is 11.3. The molecule has 3 atom stereocenters. The van der Waals surface area contributed by atoms with E-state index in [9.17, 15) is 9.90 Å². The van der Waals surface area contributed by atoms with E-state index in [1.165, 1.54) is 5.56 Å². The molecule has 33 heavy (non-hydrogen) atoms. The zero-order valence-corrected chi connectivity index (χ0v) is 19.7. The minimum absolute atomic E-state index is 0.0388. The van der Waals surface area contributed by atoms with Crippen LogP contribution in [0, 0.1) is 18.8 Å². The minimum Gasteiger partial charge on any atom is -0.388 e. The smallest absolute Gasteiger partial charge is 0.253 e. The van der Waals surface area contributed by atoms with E-state index in [0.29, 0.717) is 23.2 Å². The fourth-order valence-corrected chi connectivity index (χ4v) is 4.77. The lowest BCUT2D eigenvalue weighted by Gasteiger charge is -2.19. The Balaban J connectivity index is 1.31. The van der Waals surface area contributed by atoms with E-state index < -0.39 is 6.10 Å². The van der Waals surface area contributed by atoms with Crippen molar-refractivity contribution in [2.75, 3.05) is 7.05 Å². The Hall–Kier alpha value is -2.83. The van der Waals surface area contributed by atoms with Gasteiger partial charge in [-0.05, 0) is 79.3 Å². The minimum atomic E-state index is -0.511. The third-order valence-corrected chi connectivity index (χ3v) is 6.89. The predicted molar refractivity (Wildman–Crippen MR) is 128 cm³/mol. The van der Waals surface area contributed by atoms with Crippen molar-refractivity contribution in [3.05, 3.63) is 88.2 Å². The highest BCUT2D eigenvalue weighted by atomic mass is 35.5. The first-order chi connectivity index (χ1) is 15.9. The molecule has 1 fully saturated rings. The van der Waals surface area contributed by atoms with Gasteiger partial charge in [0.05, 0.1) is 24.5 Å². The molecular formula is C26H29ClN4O2. The van der Waals surface area contributed by atoms with Crippen LogP contribution >= 0.6 is 11.6 Å². The second kappa shape index (κ2) is 10.4. The number of aliphatic hydroxyl groups is 1. The molecule has 0 unspecified atom stereocenters. The van der Waals surface area contributed by atoms with E-state index >= 15 is 0 Å². The van der Waals surface area contributed by atoms with Crippen molar-refractivity contribution in [2.24, 2.45) is 11.8 Å². The van der Waals surface area contributed by atoms with E-state index in [1.807, 2.05) is 37.3 Å². The van der Waals surface area contributed by atoms with Crippen molar-refractivity contribution in [1.82, 2.24) is 19.9 Å². The van der Waals surface area contributed by atoms with Crippen LogP contribution < -0.4 is 0 Å². The van der Waals surface area contributed by atoms with Gasteiger partial charge in [-0.25, -0.2) is 4.98 Å². The molecule has 0 aliphatic heterocycles. The monoisotopic (exact) mass is 464 g/mol. The number of pyridine rings is 1. The van der Waals surface area contributed by atoms with E-state index in [0.717, 1.165) is 42.5 Å². The summed E-state index contributed by atoms with van der Waals surface area (Å²) < 4.78 is 0. The van der Waals surface area contributed by atoms with Crippen LogP contribution in [0.2, 0.25) is 5.15 Å². The van der Waals surface area contributed by atoms with Crippen LogP contribution in [0.3, 0.4) is 0 Å². The third-order valence-electron chi connectivity index (χ3n) is 6.49. The van der Waals surface area contributed by atoms with Gasteiger partial charge in [-0.2, -0.15) is 0 Å². The molecule has 1 saturated carbocycles. The maximum Gasteiger partial charge on any atom is 0.253 e. The van der Waals surface area contributed by atoms with Crippen LogP contribution in [0.4, 0.5) is 0 Å². The molecule has 172 valence electrons. The lowest BCUT2D eigenvalue weighted by Crippen LogP contribution is -2.26. The summed E-state index contributed by atoms with van der Waals surface area (Å²) in [6.07, 6.45) is 10.1. The number of amides is 1. The summed E-state index contributed by atoms with van der Waals surface area (Å²) in [5.41, 5.74) is 4.37. The fraction of sp³-hybridized carbons (Fsp3) is 0.385. The number of aryl methyl sites for hydroxylation is 1. The molecule has 1 aromatic carbocycles. The van der Waals surface area contributed by atoms with Gasteiger partial charge in [-0.1, -0.05) is 23.7 Å². The van der Waals surface area contributed by atoms with Crippen molar-refractivity contribution < 1.29 is 9.90 Å². The number of hydrogen-bond donors (Lipinski definition) is 1. The number of nitrogens with zero attached hydrogens (tertiary/aromatic N) is 4. The standard InChI is InChI=1S/C26H29ClN4O2/c1-17-11-22(14-30-25(17)27)24(32)21-8-5-19(13-21)12-18-3-6-20(7-4-18)26(33)31(2)16-23-15-28-9-10-29-23/h3-4,6-7,9-11,14-15,19,21,24,32H,5,8,12-13,16H2,1-2H3/t19-,21-,24-/m0/s1. The van der Waals surface area contributed by atoms with Crippen LogP contribution in [0.15, 0.2) is 55.1 Å². The molecule has 1 aliphatic carbocycles. The Labute approximate surface area is 199 Å². The van der Waals surface area contributed by atoms with Gasteiger partial charge in [0.2, 0.25) is 0 Å². The van der Waals surface area contributed by atoms with Gasteiger partial charge in [0.1, 0.15) is 5.15 Å². The maximum absolute atomic E-state index is 12.7. The SMILES string of the molecule is Cc1cc([C@@H](O)[C@H]2CC[C@@H](Cc3ccc(C(=O)N(C)Cc4cnccn4)cc3)C2)cnc1Cl. The number of rotatable bonds is 7. The van der Waals surface area contributed by atoms with Crippen molar-refractivity contribution in [3.8, 4) is 0 Å². The van der Waals surface area contributed by atoms with Crippen LogP contribution in [0.1, 0.15) is 58.1 Å². The van der Waals surface area contributed by atoms with E-state index in [2.05, 4.69) is 15.0 Å². The molecule has 6 nitrogen and oxygen atoms in total. The van der Waals surface area contributed by atoms with Gasteiger partial charge in [-0.3, -0.25) is 14.8 Å².